The van der Waals surface area contributed by atoms with Gasteiger partial charge < -0.3 is 29.8 Å². The van der Waals surface area contributed by atoms with E-state index in [2.05, 4.69) is 20.8 Å². The Bertz CT molecular complexity index is 1100. The van der Waals surface area contributed by atoms with Gasteiger partial charge in [0.1, 0.15) is 36.2 Å². The van der Waals surface area contributed by atoms with E-state index in [-0.39, 0.29) is 17.4 Å². The molecule has 5 rings (SSSR count). The van der Waals surface area contributed by atoms with Crippen molar-refractivity contribution in [2.75, 3.05) is 26.8 Å². The molecule has 0 bridgehead atoms. The molecule has 0 unspecified atom stereocenters. The summed E-state index contributed by atoms with van der Waals surface area (Å²) in [6.07, 6.45) is 0.720. The first-order valence-corrected chi connectivity index (χ1v) is 12.4. The number of hydrogen-bond acceptors (Lipinski definition) is 9. The topological polar surface area (TPSA) is 123 Å². The van der Waals surface area contributed by atoms with Gasteiger partial charge in [-0.2, -0.15) is 0 Å². The molecule has 3 aliphatic heterocycles. The zero-order valence-corrected chi connectivity index (χ0v) is 20.3. The number of piperidine rings is 1. The molecule has 6 atom stereocenters. The van der Waals surface area contributed by atoms with Crippen LogP contribution in [0.4, 0.5) is 13.2 Å². The van der Waals surface area contributed by atoms with Crippen LogP contribution in [0.2, 0.25) is 0 Å². The van der Waals surface area contributed by atoms with Crippen molar-refractivity contribution >= 4 is 5.71 Å². The molecule has 2 saturated heterocycles. The smallest absolute Gasteiger partial charge is 0.194 e. The highest BCUT2D eigenvalue weighted by Gasteiger charge is 2.48. The van der Waals surface area contributed by atoms with Gasteiger partial charge in [0.2, 0.25) is 0 Å². The number of rotatable bonds is 7. The molecule has 2 fully saturated rings. The van der Waals surface area contributed by atoms with Crippen LogP contribution in [0.5, 0.6) is 0 Å². The van der Waals surface area contributed by atoms with Gasteiger partial charge in [0.15, 0.2) is 17.5 Å². The molecule has 0 radical (unpaired) electrons. The number of halogens is 3. The van der Waals surface area contributed by atoms with Crippen molar-refractivity contribution in [3.63, 3.8) is 0 Å². The largest absolute Gasteiger partial charge is 0.394 e. The van der Waals surface area contributed by atoms with E-state index in [1.54, 1.807) is 0 Å². The highest BCUT2D eigenvalue weighted by molar-refractivity contribution is 5.87. The lowest BCUT2D eigenvalue weighted by Crippen LogP contribution is -2.57. The molecule has 3 N–H and O–H groups in total. The van der Waals surface area contributed by atoms with Crippen molar-refractivity contribution in [1.82, 2.24) is 20.3 Å². The highest BCUT2D eigenvalue weighted by atomic mass is 19.2. The minimum absolute atomic E-state index is 0.0182. The molecule has 0 spiro atoms. The molecule has 2 aromatic rings. The second-order valence-electron chi connectivity index (χ2n) is 9.69. The van der Waals surface area contributed by atoms with E-state index in [0.29, 0.717) is 18.8 Å². The Hall–Kier alpha value is -2.58. The van der Waals surface area contributed by atoms with Gasteiger partial charge in [0, 0.05) is 31.4 Å². The van der Waals surface area contributed by atoms with Gasteiger partial charge in [-0.25, -0.2) is 17.9 Å². The van der Waals surface area contributed by atoms with Gasteiger partial charge in [-0.1, -0.05) is 10.4 Å². The Morgan fingerprint density at radius 1 is 1.16 bits per heavy atom. The van der Waals surface area contributed by atoms with E-state index in [0.717, 1.165) is 43.8 Å². The molecule has 1 aromatic heterocycles. The molecule has 13 heteroatoms. The van der Waals surface area contributed by atoms with Gasteiger partial charge in [-0.15, -0.1) is 5.10 Å². The number of methoxy groups -OCH3 is 1. The third-order valence-corrected chi connectivity index (χ3v) is 7.39. The lowest BCUT2D eigenvalue weighted by atomic mass is 9.87. The van der Waals surface area contributed by atoms with Gasteiger partial charge in [-0.05, 0) is 38.1 Å². The molecule has 1 aromatic carbocycles. The normalized spacial score (nSPS) is 30.8. The Morgan fingerprint density at radius 3 is 2.57 bits per heavy atom. The van der Waals surface area contributed by atoms with Crippen LogP contribution in [0, 0.1) is 23.4 Å². The maximum atomic E-state index is 13.8. The summed E-state index contributed by atoms with van der Waals surface area (Å²) in [6, 6.07) is 0.790. The third kappa shape index (κ3) is 5.23. The summed E-state index contributed by atoms with van der Waals surface area (Å²) in [4.78, 5) is 5.72. The van der Waals surface area contributed by atoms with Gasteiger partial charge in [0.05, 0.1) is 24.6 Å². The first-order valence-electron chi connectivity index (χ1n) is 12.4. The molecule has 10 nitrogen and oxygen atoms in total. The monoisotopic (exact) mass is 525 g/mol. The van der Waals surface area contributed by atoms with E-state index in [1.165, 1.54) is 18.0 Å². The van der Waals surface area contributed by atoms with Crippen LogP contribution in [0.3, 0.4) is 0 Å². The molecule has 0 amide bonds. The molecule has 37 heavy (non-hydrogen) atoms. The second-order valence-corrected chi connectivity index (χ2v) is 9.69. The van der Waals surface area contributed by atoms with Crippen LogP contribution >= 0.6 is 0 Å². The lowest BCUT2D eigenvalue weighted by molar-refractivity contribution is -0.219. The van der Waals surface area contributed by atoms with E-state index < -0.39 is 54.5 Å². The Labute approximate surface area is 211 Å². The fraction of sp³-hybridized carbons (Fsp3) is 0.625. The van der Waals surface area contributed by atoms with Crippen LogP contribution in [-0.4, -0.2) is 88.2 Å². The van der Waals surface area contributed by atoms with E-state index in [1.807, 2.05) is 0 Å². The summed E-state index contributed by atoms with van der Waals surface area (Å²) in [5, 5.41) is 36.6. The SMILES string of the molecule is CO[C@@H]1[C@@H](n2cc(-c3cc(F)c(F)c(F)c3)nn2)[C@@H](O)[C@@H](CO)O[C@@H]1C[C@@H]1CC(C2CCNCC2)=NO1. The number of benzene rings is 1. The lowest BCUT2D eigenvalue weighted by Gasteiger charge is -2.44. The zero-order valence-electron chi connectivity index (χ0n) is 20.3. The molecule has 0 aliphatic carbocycles. The number of hydrogen-bond donors (Lipinski definition) is 3. The van der Waals surface area contributed by atoms with Gasteiger partial charge in [0.25, 0.3) is 0 Å². The van der Waals surface area contributed by atoms with Crippen molar-refractivity contribution < 1.29 is 37.7 Å². The van der Waals surface area contributed by atoms with Crippen LogP contribution in [0.25, 0.3) is 11.3 Å². The van der Waals surface area contributed by atoms with Gasteiger partial charge in [-0.3, -0.25) is 0 Å². The molecule has 0 saturated carbocycles. The van der Waals surface area contributed by atoms with Crippen LogP contribution in [0.1, 0.15) is 31.7 Å². The Kier molecular flexibility index (Phi) is 7.77. The minimum atomic E-state index is -1.58. The van der Waals surface area contributed by atoms with Crippen molar-refractivity contribution in [2.24, 2.45) is 11.1 Å². The molecular formula is C24H30F3N5O5. The zero-order chi connectivity index (χ0) is 26.1. The maximum absolute atomic E-state index is 13.8. The summed E-state index contributed by atoms with van der Waals surface area (Å²) in [5.74, 6) is -3.90. The average Bonchev–Trinajstić information content (AvgIpc) is 3.58. The quantitative estimate of drug-likeness (QED) is 0.466. The van der Waals surface area contributed by atoms with Gasteiger partial charge >= 0.3 is 0 Å². The first-order chi connectivity index (χ1) is 17.9. The number of aliphatic hydroxyl groups is 2. The third-order valence-electron chi connectivity index (χ3n) is 7.39. The number of ether oxygens (including phenoxy) is 2. The van der Waals surface area contributed by atoms with Crippen molar-refractivity contribution in [2.45, 2.75) is 62.2 Å². The number of nitrogens with zero attached hydrogens (tertiary/aromatic N) is 4. The van der Waals surface area contributed by atoms with Crippen molar-refractivity contribution in [1.29, 1.82) is 0 Å². The summed E-state index contributed by atoms with van der Waals surface area (Å²) >= 11 is 0. The number of aliphatic hydroxyl groups excluding tert-OH is 2. The second kappa shape index (κ2) is 11.0. The molecular weight excluding hydrogens is 495 g/mol. The fourth-order valence-electron chi connectivity index (χ4n) is 5.45. The van der Waals surface area contributed by atoms with E-state index in [9.17, 15) is 23.4 Å². The maximum Gasteiger partial charge on any atom is 0.194 e. The molecule has 202 valence electrons. The first kappa shape index (κ1) is 26.0. The Morgan fingerprint density at radius 2 is 1.89 bits per heavy atom. The van der Waals surface area contributed by atoms with E-state index in [4.69, 9.17) is 14.3 Å². The molecule has 3 aliphatic rings. The van der Waals surface area contributed by atoms with Crippen LogP contribution in [-0.2, 0) is 14.3 Å². The van der Waals surface area contributed by atoms with Crippen LogP contribution < -0.4 is 5.32 Å². The van der Waals surface area contributed by atoms with Crippen LogP contribution in [0.15, 0.2) is 23.5 Å². The highest BCUT2D eigenvalue weighted by Crippen LogP contribution is 2.36. The number of nitrogens with one attached hydrogen (secondary N) is 1. The molecule has 4 heterocycles. The summed E-state index contributed by atoms with van der Waals surface area (Å²) in [6.45, 7) is 1.43. The number of aromatic nitrogens is 3. The summed E-state index contributed by atoms with van der Waals surface area (Å²) < 4.78 is 54.0. The minimum Gasteiger partial charge on any atom is -0.394 e. The number of oxime groups is 1. The summed E-state index contributed by atoms with van der Waals surface area (Å²) in [5.41, 5.74) is 1.09. The summed E-state index contributed by atoms with van der Waals surface area (Å²) in [7, 11) is 1.47. The standard InChI is InChI=1S/C24H30F3N5O5/c1-35-24-19(9-14-8-17(30-37-14)12-2-4-28-5-3-12)36-20(11-33)23(34)22(24)32-10-18(29-31-32)13-6-15(25)21(27)16(26)7-13/h6-7,10,12,14,19-20,22-24,28,33-34H,2-5,8-9,11H2,1H3/t14-,19+,20+,22-,23-,24-/m0/s1. The predicted molar refractivity (Wildman–Crippen MR) is 124 cm³/mol. The van der Waals surface area contributed by atoms with Crippen molar-refractivity contribution in [3.8, 4) is 11.3 Å². The van der Waals surface area contributed by atoms with E-state index >= 15 is 0 Å². The average molecular weight is 526 g/mol. The van der Waals surface area contributed by atoms with Crippen molar-refractivity contribution in [3.05, 3.63) is 35.8 Å². The fourth-order valence-corrected chi connectivity index (χ4v) is 5.45. The Balaban J connectivity index is 1.34. The predicted octanol–water partition coefficient (Wildman–Crippen LogP) is 1.57.